The highest BCUT2D eigenvalue weighted by Gasteiger charge is 2.20. The molecule has 2 heterocycles. The molecule has 7 nitrogen and oxygen atoms in total. The van der Waals surface area contributed by atoms with Crippen LogP contribution in [0.5, 0.6) is 0 Å². The number of aliphatic hydroxyl groups is 1. The van der Waals surface area contributed by atoms with Crippen LogP contribution < -0.4 is 10.9 Å². The summed E-state index contributed by atoms with van der Waals surface area (Å²) in [6, 6.07) is 11.2. The number of nitrogens with zero attached hydrogens (tertiary/aromatic N) is 3. The minimum Gasteiger partial charge on any atom is -0.387 e. The number of benzene rings is 1. The third kappa shape index (κ3) is 5.05. The minimum absolute atomic E-state index is 0.227. The van der Waals surface area contributed by atoms with Gasteiger partial charge in [-0.2, -0.15) is 9.78 Å². The Morgan fingerprint density at radius 2 is 1.97 bits per heavy atom. The summed E-state index contributed by atoms with van der Waals surface area (Å²) in [4.78, 5) is 29.4. The van der Waals surface area contributed by atoms with Gasteiger partial charge < -0.3 is 10.4 Å². The molecule has 3 aromatic rings. The van der Waals surface area contributed by atoms with E-state index in [1.807, 2.05) is 0 Å². The first kappa shape index (κ1) is 21.5. The predicted molar refractivity (Wildman–Crippen MR) is 107 cm³/mol. The van der Waals surface area contributed by atoms with Crippen molar-refractivity contribution in [3.8, 4) is 16.9 Å². The summed E-state index contributed by atoms with van der Waals surface area (Å²) in [5.41, 5.74) is 0.352. The lowest BCUT2D eigenvalue weighted by Gasteiger charge is -2.12. The molecule has 0 bridgehead atoms. The summed E-state index contributed by atoms with van der Waals surface area (Å²) in [7, 11) is 0. The largest absolute Gasteiger partial charge is 0.387 e. The molecule has 1 amide bonds. The minimum atomic E-state index is -2.91. The van der Waals surface area contributed by atoms with Crippen LogP contribution in [0.1, 0.15) is 16.8 Å². The molecule has 3 rings (SSSR count). The Morgan fingerprint density at radius 3 is 2.60 bits per heavy atom. The van der Waals surface area contributed by atoms with Gasteiger partial charge in [-0.3, -0.25) is 14.6 Å². The van der Waals surface area contributed by atoms with Crippen molar-refractivity contribution >= 4 is 17.5 Å². The van der Waals surface area contributed by atoms with E-state index in [0.717, 1.165) is 4.68 Å². The Hall–Kier alpha value is -3.17. The van der Waals surface area contributed by atoms with Crippen LogP contribution in [-0.4, -0.2) is 44.9 Å². The first-order chi connectivity index (χ1) is 14.4. The van der Waals surface area contributed by atoms with E-state index in [-0.39, 0.29) is 18.5 Å². The lowest BCUT2D eigenvalue weighted by Crippen LogP contribution is -2.35. The van der Waals surface area contributed by atoms with Gasteiger partial charge in [0.15, 0.2) is 0 Å². The number of halogens is 3. The van der Waals surface area contributed by atoms with Gasteiger partial charge in [0, 0.05) is 23.3 Å². The van der Waals surface area contributed by atoms with Crippen molar-refractivity contribution in [3.63, 3.8) is 0 Å². The van der Waals surface area contributed by atoms with Gasteiger partial charge in [0.25, 0.3) is 17.9 Å². The van der Waals surface area contributed by atoms with E-state index in [4.69, 9.17) is 11.6 Å². The molecule has 0 saturated heterocycles. The third-order valence-electron chi connectivity index (χ3n) is 4.20. The molecule has 30 heavy (non-hydrogen) atoms. The van der Waals surface area contributed by atoms with Crippen molar-refractivity contribution in [2.45, 2.75) is 19.0 Å². The fourth-order valence-corrected chi connectivity index (χ4v) is 2.75. The van der Waals surface area contributed by atoms with Crippen molar-refractivity contribution in [1.82, 2.24) is 20.1 Å². The summed E-state index contributed by atoms with van der Waals surface area (Å²) in [6.07, 6.45) is -2.18. The second-order valence-electron chi connectivity index (χ2n) is 6.32. The molecule has 0 saturated carbocycles. The van der Waals surface area contributed by atoms with Crippen LogP contribution >= 0.6 is 11.6 Å². The summed E-state index contributed by atoms with van der Waals surface area (Å²) in [6.45, 7) is -0.227. The molecule has 0 aliphatic rings. The second-order valence-corrected chi connectivity index (χ2v) is 6.76. The van der Waals surface area contributed by atoms with Crippen LogP contribution in [0.25, 0.3) is 16.9 Å². The van der Waals surface area contributed by atoms with Gasteiger partial charge in [0.1, 0.15) is 11.7 Å². The number of carbonyl (C=O) groups excluding carboxylic acids is 1. The quantitative estimate of drug-likeness (QED) is 0.596. The number of alkyl halides is 2. The van der Waals surface area contributed by atoms with Crippen molar-refractivity contribution in [2.75, 3.05) is 6.54 Å². The van der Waals surface area contributed by atoms with Crippen molar-refractivity contribution in [1.29, 1.82) is 0 Å². The zero-order valence-corrected chi connectivity index (χ0v) is 16.3. The molecule has 0 spiro atoms. The number of amides is 1. The monoisotopic (exact) mass is 434 g/mol. The Kier molecular flexibility index (Phi) is 6.86. The van der Waals surface area contributed by atoms with Gasteiger partial charge >= 0.3 is 0 Å². The van der Waals surface area contributed by atoms with Crippen LogP contribution in [0, 0.1) is 0 Å². The molecular formula is C20H17ClF2N4O3. The normalized spacial score (nSPS) is 12.0. The molecule has 0 aliphatic carbocycles. The van der Waals surface area contributed by atoms with Crippen LogP contribution in [0.2, 0.25) is 5.02 Å². The Morgan fingerprint density at radius 1 is 1.23 bits per heavy atom. The Labute approximate surface area is 175 Å². The average molecular weight is 435 g/mol. The SMILES string of the molecule is O=C(NCCC(O)C(F)F)c1cc(-c2ccc(Cl)cc2)nn(-c2cccnc2)c1=O. The lowest BCUT2D eigenvalue weighted by molar-refractivity contribution is -0.00826. The van der Waals surface area contributed by atoms with Gasteiger partial charge in [-0.25, -0.2) is 8.78 Å². The summed E-state index contributed by atoms with van der Waals surface area (Å²) < 4.78 is 25.9. The molecule has 1 atom stereocenters. The number of aliphatic hydroxyl groups excluding tert-OH is 1. The molecule has 10 heteroatoms. The first-order valence-corrected chi connectivity index (χ1v) is 9.29. The van der Waals surface area contributed by atoms with E-state index in [2.05, 4.69) is 15.4 Å². The number of pyridine rings is 1. The van der Waals surface area contributed by atoms with Crippen molar-refractivity contribution in [2.24, 2.45) is 0 Å². The Bertz CT molecular complexity index is 1080. The zero-order valence-electron chi connectivity index (χ0n) is 15.5. The fourth-order valence-electron chi connectivity index (χ4n) is 2.63. The molecule has 156 valence electrons. The van der Waals surface area contributed by atoms with E-state index in [9.17, 15) is 23.5 Å². The van der Waals surface area contributed by atoms with Gasteiger partial charge in [0.05, 0.1) is 17.6 Å². The number of nitrogens with one attached hydrogen (secondary N) is 1. The highest BCUT2D eigenvalue weighted by molar-refractivity contribution is 6.30. The molecule has 2 N–H and O–H groups in total. The van der Waals surface area contributed by atoms with E-state index in [1.54, 1.807) is 36.4 Å². The summed E-state index contributed by atoms with van der Waals surface area (Å²) >= 11 is 5.92. The van der Waals surface area contributed by atoms with Gasteiger partial charge in [-0.15, -0.1) is 0 Å². The van der Waals surface area contributed by atoms with Crippen molar-refractivity contribution in [3.05, 3.63) is 75.8 Å². The van der Waals surface area contributed by atoms with Gasteiger partial charge in [-0.05, 0) is 36.8 Å². The maximum atomic E-state index is 12.9. The lowest BCUT2D eigenvalue weighted by atomic mass is 10.1. The Balaban J connectivity index is 1.99. The van der Waals surface area contributed by atoms with Crippen LogP contribution in [-0.2, 0) is 0 Å². The average Bonchev–Trinajstić information content (AvgIpc) is 2.75. The maximum Gasteiger partial charge on any atom is 0.284 e. The second kappa shape index (κ2) is 9.55. The van der Waals surface area contributed by atoms with E-state index >= 15 is 0 Å². The molecule has 2 aromatic heterocycles. The van der Waals surface area contributed by atoms with Crippen LogP contribution in [0.15, 0.2) is 59.7 Å². The highest BCUT2D eigenvalue weighted by Crippen LogP contribution is 2.20. The summed E-state index contributed by atoms with van der Waals surface area (Å²) in [5.74, 6) is -0.767. The molecule has 1 aromatic carbocycles. The molecule has 1 unspecified atom stereocenters. The van der Waals surface area contributed by atoms with Gasteiger partial charge in [0.2, 0.25) is 0 Å². The maximum absolute atomic E-state index is 12.9. The standard InChI is InChI=1S/C20H17ClF2N4O3/c21-13-5-3-12(4-6-13)16-10-15(19(29)25-9-7-17(28)18(22)23)20(30)27(26-16)14-2-1-8-24-11-14/h1-6,8,10-11,17-18,28H,7,9H2,(H,25,29). The van der Waals surface area contributed by atoms with Crippen LogP contribution in [0.3, 0.4) is 0 Å². The van der Waals surface area contributed by atoms with Crippen molar-refractivity contribution < 1.29 is 18.7 Å². The zero-order chi connectivity index (χ0) is 21.7. The van der Waals surface area contributed by atoms with E-state index in [1.165, 1.54) is 18.5 Å². The molecule has 0 aliphatic heterocycles. The number of aromatic nitrogens is 3. The molecule has 0 fully saturated rings. The number of hydrogen-bond donors (Lipinski definition) is 2. The smallest absolute Gasteiger partial charge is 0.284 e. The topological polar surface area (TPSA) is 97.1 Å². The first-order valence-electron chi connectivity index (χ1n) is 8.92. The number of rotatable bonds is 7. The number of carbonyl (C=O) groups is 1. The van der Waals surface area contributed by atoms with E-state index < -0.39 is 24.0 Å². The van der Waals surface area contributed by atoms with Gasteiger partial charge in [-0.1, -0.05) is 23.7 Å². The molecular weight excluding hydrogens is 418 g/mol. The predicted octanol–water partition coefficient (Wildman–Crippen LogP) is 2.69. The fraction of sp³-hybridized carbons (Fsp3) is 0.200. The van der Waals surface area contributed by atoms with E-state index in [0.29, 0.717) is 22.0 Å². The highest BCUT2D eigenvalue weighted by atomic mass is 35.5. The molecule has 0 radical (unpaired) electrons. The van der Waals surface area contributed by atoms with Crippen LogP contribution in [0.4, 0.5) is 8.78 Å². The number of hydrogen-bond acceptors (Lipinski definition) is 5. The third-order valence-corrected chi connectivity index (χ3v) is 4.46. The summed E-state index contributed by atoms with van der Waals surface area (Å²) in [5, 5.41) is 16.4.